The molecular formula is C50H44N14O4. The van der Waals surface area contributed by atoms with E-state index in [0.717, 1.165) is 24.0 Å². The van der Waals surface area contributed by atoms with E-state index in [9.17, 15) is 19.2 Å². The molecule has 1 atom stereocenters. The van der Waals surface area contributed by atoms with E-state index < -0.39 is 6.04 Å². The summed E-state index contributed by atoms with van der Waals surface area (Å²) in [5, 5.41) is 11.7. The van der Waals surface area contributed by atoms with Gasteiger partial charge in [-0.3, -0.25) is 28.0 Å². The van der Waals surface area contributed by atoms with E-state index in [2.05, 4.69) is 59.6 Å². The molecule has 338 valence electrons. The van der Waals surface area contributed by atoms with Gasteiger partial charge in [-0.05, 0) is 92.3 Å². The molecule has 6 aromatic heterocycles. The molecule has 18 heteroatoms. The molecule has 0 spiro atoms. The van der Waals surface area contributed by atoms with Gasteiger partial charge in [0, 0.05) is 66.0 Å². The number of hydrogen-bond acceptors (Lipinski definition) is 12. The van der Waals surface area contributed by atoms with Gasteiger partial charge in [0.1, 0.15) is 51.5 Å². The molecule has 1 aliphatic heterocycles. The van der Waals surface area contributed by atoms with Gasteiger partial charge in [0.25, 0.3) is 17.7 Å². The molecule has 1 fully saturated rings. The third-order valence-corrected chi connectivity index (χ3v) is 11.4. The molecular weight excluding hydrogens is 861 g/mol. The Kier molecular flexibility index (Phi) is 12.6. The number of amides is 4. The van der Waals surface area contributed by atoms with Gasteiger partial charge < -0.3 is 31.9 Å². The second kappa shape index (κ2) is 19.5. The number of pyridine rings is 2. The number of piperidine rings is 1. The fraction of sp³-hybridized carbons (Fsp3) is 0.160. The number of nitrogens with two attached hydrogens (primary N) is 1. The van der Waals surface area contributed by atoms with Crippen LogP contribution in [0.25, 0.3) is 33.5 Å². The first kappa shape index (κ1) is 44.0. The van der Waals surface area contributed by atoms with Gasteiger partial charge in [-0.2, -0.15) is 0 Å². The predicted molar refractivity (Wildman–Crippen MR) is 257 cm³/mol. The van der Waals surface area contributed by atoms with Crippen molar-refractivity contribution in [2.45, 2.75) is 38.8 Å². The van der Waals surface area contributed by atoms with Crippen LogP contribution in [0.1, 0.15) is 63.2 Å². The summed E-state index contributed by atoms with van der Waals surface area (Å²) in [6, 6.07) is 22.4. The maximum Gasteiger partial charge on any atom is 0.299 e. The first-order valence-corrected chi connectivity index (χ1v) is 21.7. The van der Waals surface area contributed by atoms with Crippen LogP contribution in [0.5, 0.6) is 0 Å². The standard InChI is InChI=1S/C50H44N14O4/c1-3-40(65)57-30-39-60-42(32-15-17-33(18-16-32)49(67)58-37-12-4-7-21-52-37)45-47(56-25-27-63(39)45)55-23-10-14-41(66)62-26-9-6-11-36(62)48-61-43(44-46(51)54-24-28-64(44)48)35-20-19-34(29-31(35)2)50(68)59-38-13-5-8-22-53-38/h3-5,7-8,12-13,15-22,24-25,27-29,36H,1,6,9,11,23,26,30H2,2H3,(H2,51,54)(H,55,56)(H,57,65)(H,52,58,67)(H,53,59,68). The molecule has 68 heavy (non-hydrogen) atoms. The van der Waals surface area contributed by atoms with E-state index in [-0.39, 0.29) is 42.5 Å². The van der Waals surface area contributed by atoms with Crippen LogP contribution in [0.2, 0.25) is 0 Å². The number of nitrogens with zero attached hydrogens (tertiary/aromatic N) is 9. The highest BCUT2D eigenvalue weighted by Gasteiger charge is 2.32. The Morgan fingerprint density at radius 1 is 0.794 bits per heavy atom. The molecule has 0 aliphatic carbocycles. The number of aromatic nitrogens is 8. The van der Waals surface area contributed by atoms with Crippen molar-refractivity contribution in [3.63, 3.8) is 0 Å². The summed E-state index contributed by atoms with van der Waals surface area (Å²) in [7, 11) is 0. The number of likely N-dealkylation sites (tertiary alicyclic amines) is 1. The van der Waals surface area contributed by atoms with Crippen molar-refractivity contribution in [3.05, 3.63) is 157 Å². The van der Waals surface area contributed by atoms with Crippen LogP contribution in [0, 0.1) is 18.8 Å². The number of aryl methyl sites for hydroxylation is 1. The van der Waals surface area contributed by atoms with Crippen molar-refractivity contribution in [1.29, 1.82) is 0 Å². The van der Waals surface area contributed by atoms with Crippen molar-refractivity contribution in [1.82, 2.24) is 48.9 Å². The smallest absolute Gasteiger partial charge is 0.299 e. The normalized spacial score (nSPS) is 13.3. The van der Waals surface area contributed by atoms with Crippen LogP contribution in [0.15, 0.2) is 129 Å². The molecule has 0 saturated carbocycles. The molecule has 1 aliphatic rings. The average Bonchev–Trinajstić information content (AvgIpc) is 3.95. The SMILES string of the molecule is C=CC(=O)NCc1nc(-c2ccc(C(=O)Nc3ccccn3)cc2)c2c(NCC#CC(=O)N3CCCCC3c3nc(-c4ccc(C(=O)Nc5ccccn5)cc4C)c4c(N)nccn34)nccn12. The number of hydrogen-bond donors (Lipinski definition) is 5. The molecule has 0 bridgehead atoms. The molecule has 18 nitrogen and oxygen atoms in total. The topological polar surface area (TPSA) is 232 Å². The third kappa shape index (κ3) is 9.17. The summed E-state index contributed by atoms with van der Waals surface area (Å²) in [6.45, 7) is 6.08. The number of imidazole rings is 2. The number of anilines is 4. The molecule has 8 aromatic rings. The quantitative estimate of drug-likeness (QED) is 0.0676. The van der Waals surface area contributed by atoms with Crippen LogP contribution >= 0.6 is 0 Å². The Hall–Kier alpha value is -9.24. The second-order valence-electron chi connectivity index (χ2n) is 15.8. The summed E-state index contributed by atoms with van der Waals surface area (Å²) >= 11 is 0. The first-order valence-electron chi connectivity index (χ1n) is 21.7. The van der Waals surface area contributed by atoms with Crippen LogP contribution in [-0.4, -0.2) is 80.3 Å². The molecule has 0 radical (unpaired) electrons. The molecule has 7 heterocycles. The van der Waals surface area contributed by atoms with E-state index in [0.29, 0.717) is 81.2 Å². The minimum atomic E-state index is -0.414. The lowest BCUT2D eigenvalue weighted by Gasteiger charge is -2.33. The fourth-order valence-corrected chi connectivity index (χ4v) is 8.17. The van der Waals surface area contributed by atoms with E-state index >= 15 is 0 Å². The number of nitrogens with one attached hydrogen (secondary N) is 4. The van der Waals surface area contributed by atoms with Crippen molar-refractivity contribution < 1.29 is 19.2 Å². The van der Waals surface area contributed by atoms with E-state index in [4.69, 9.17) is 15.7 Å². The van der Waals surface area contributed by atoms with Gasteiger partial charge in [-0.15, -0.1) is 0 Å². The number of fused-ring (bicyclic) bond motifs is 2. The average molecular weight is 905 g/mol. The summed E-state index contributed by atoms with van der Waals surface area (Å²) < 4.78 is 3.70. The fourth-order valence-electron chi connectivity index (χ4n) is 8.17. The van der Waals surface area contributed by atoms with Gasteiger partial charge in [-0.25, -0.2) is 29.9 Å². The molecule has 4 amide bonds. The second-order valence-corrected chi connectivity index (χ2v) is 15.8. The highest BCUT2D eigenvalue weighted by molar-refractivity contribution is 6.05. The van der Waals surface area contributed by atoms with Gasteiger partial charge in [0.05, 0.1) is 19.1 Å². The van der Waals surface area contributed by atoms with Gasteiger partial charge >= 0.3 is 0 Å². The zero-order valence-corrected chi connectivity index (χ0v) is 36.8. The maximum atomic E-state index is 14.0. The van der Waals surface area contributed by atoms with Gasteiger partial charge in [-0.1, -0.05) is 42.8 Å². The monoisotopic (exact) mass is 904 g/mol. The highest BCUT2D eigenvalue weighted by atomic mass is 16.2. The van der Waals surface area contributed by atoms with Crippen LogP contribution in [-0.2, 0) is 16.1 Å². The number of carbonyl (C=O) groups is 4. The Bertz CT molecular complexity index is 3290. The van der Waals surface area contributed by atoms with Crippen LogP contribution in [0.4, 0.5) is 23.3 Å². The Morgan fingerprint density at radius 2 is 1.50 bits per heavy atom. The van der Waals surface area contributed by atoms with E-state index in [1.54, 1.807) is 115 Å². The largest absolute Gasteiger partial charge is 0.382 e. The maximum absolute atomic E-state index is 14.0. The number of carbonyl (C=O) groups excluding carboxylic acids is 4. The van der Waals surface area contributed by atoms with Gasteiger partial charge in [0.2, 0.25) is 5.91 Å². The summed E-state index contributed by atoms with van der Waals surface area (Å²) in [5.74, 6) is 7.24. The van der Waals surface area contributed by atoms with Crippen molar-refractivity contribution in [2.24, 2.45) is 0 Å². The van der Waals surface area contributed by atoms with Crippen LogP contribution in [0.3, 0.4) is 0 Å². The van der Waals surface area contributed by atoms with E-state index in [1.807, 2.05) is 21.8 Å². The number of benzene rings is 2. The molecule has 9 rings (SSSR count). The Morgan fingerprint density at radius 3 is 2.21 bits per heavy atom. The van der Waals surface area contributed by atoms with Crippen molar-refractivity contribution in [2.75, 3.05) is 34.8 Å². The summed E-state index contributed by atoms with van der Waals surface area (Å²) in [6.07, 6.45) is 13.4. The zero-order valence-electron chi connectivity index (χ0n) is 36.8. The molecule has 6 N–H and O–H groups in total. The Labute approximate surface area is 389 Å². The minimum Gasteiger partial charge on any atom is -0.382 e. The lowest BCUT2D eigenvalue weighted by molar-refractivity contribution is -0.129. The summed E-state index contributed by atoms with van der Waals surface area (Å²) in [4.78, 5) is 81.4. The number of rotatable bonds is 12. The third-order valence-electron chi connectivity index (χ3n) is 11.4. The summed E-state index contributed by atoms with van der Waals surface area (Å²) in [5.41, 5.74) is 12.0. The van der Waals surface area contributed by atoms with Gasteiger partial charge in [0.15, 0.2) is 5.82 Å². The highest BCUT2D eigenvalue weighted by Crippen LogP contribution is 2.37. The predicted octanol–water partition coefficient (Wildman–Crippen LogP) is 6.26. The lowest BCUT2D eigenvalue weighted by Crippen LogP contribution is -2.38. The minimum absolute atomic E-state index is 0.0600. The van der Waals surface area contributed by atoms with Crippen molar-refractivity contribution in [3.8, 4) is 34.4 Å². The van der Waals surface area contributed by atoms with Crippen LogP contribution < -0.4 is 27.0 Å². The van der Waals surface area contributed by atoms with E-state index in [1.165, 1.54) is 6.08 Å². The number of nitrogen functional groups attached to an aromatic ring is 1. The lowest BCUT2D eigenvalue weighted by atomic mass is 10.0. The molecule has 1 unspecified atom stereocenters. The first-order chi connectivity index (χ1) is 33.2. The zero-order chi connectivity index (χ0) is 47.1. The molecule has 1 saturated heterocycles. The molecule has 2 aromatic carbocycles. The Balaban J connectivity index is 0.957. The van der Waals surface area contributed by atoms with Crippen molar-refractivity contribution >= 4 is 57.9 Å².